The van der Waals surface area contributed by atoms with Gasteiger partial charge in [0.25, 0.3) is 0 Å². The summed E-state index contributed by atoms with van der Waals surface area (Å²) in [5.41, 5.74) is 0. The van der Waals surface area contributed by atoms with Gasteiger partial charge in [-0.3, -0.25) is 0 Å². The summed E-state index contributed by atoms with van der Waals surface area (Å²) in [6, 6.07) is 0. The van der Waals surface area contributed by atoms with Crippen LogP contribution in [0.1, 0.15) is 0 Å². The summed E-state index contributed by atoms with van der Waals surface area (Å²) < 4.78 is 0. The van der Waals surface area contributed by atoms with Gasteiger partial charge in [-0.1, -0.05) is 0 Å². The summed E-state index contributed by atoms with van der Waals surface area (Å²) in [5, 5.41) is 0. The van der Waals surface area contributed by atoms with Crippen LogP contribution in [0.25, 0.3) is 0 Å². The van der Waals surface area contributed by atoms with Crippen molar-refractivity contribution < 1.29 is 9.59 Å². The first kappa shape index (κ1) is 18.4. The Hall–Kier alpha value is 0.340. The molecule has 3 N–H and O–H groups in total. The van der Waals surface area contributed by atoms with Crippen molar-refractivity contribution in [3.8, 4) is 0 Å². The number of hydrogen-bond acceptors (Lipinski definition) is 3. The van der Waals surface area contributed by atoms with Crippen LogP contribution in [0, 0.1) is 0 Å². The molecule has 0 bridgehead atoms. The summed E-state index contributed by atoms with van der Waals surface area (Å²) >= 11 is 0. The predicted octanol–water partition coefficient (Wildman–Crippen LogP) is -1.07. The Morgan fingerprint density at radius 1 is 1.20 bits per heavy atom. The van der Waals surface area contributed by atoms with Crippen LogP contribution in [0.4, 0.5) is 0 Å². The molecule has 0 saturated carbocycles. The van der Waals surface area contributed by atoms with Gasteiger partial charge < -0.3 is 6.15 Å². The molecule has 0 aliphatic rings. The number of rotatable bonds is 0. The van der Waals surface area contributed by atoms with Crippen molar-refractivity contribution in [1.29, 1.82) is 0 Å². The van der Waals surface area contributed by atoms with Crippen LogP contribution < -0.4 is 6.15 Å². The molecule has 0 fully saturated rings. The van der Waals surface area contributed by atoms with E-state index in [0.717, 1.165) is 0 Å². The summed E-state index contributed by atoms with van der Waals surface area (Å²) in [4.78, 5) is 16.2. The molecule has 0 heterocycles. The van der Waals surface area contributed by atoms with Gasteiger partial charge in [-0.2, -0.15) is 9.59 Å². The first-order chi connectivity index (χ1) is 1.41. The van der Waals surface area contributed by atoms with Crippen LogP contribution in [0.15, 0.2) is 0 Å². The molecule has 0 spiro atoms. The molecule has 0 aromatic rings. The van der Waals surface area contributed by atoms with Crippen LogP contribution in [0.5, 0.6) is 0 Å². The third-order valence-electron chi connectivity index (χ3n) is 0. The second-order valence-corrected chi connectivity index (χ2v) is 0.0833. The fourth-order valence-electron chi connectivity index (χ4n) is 0. The first-order valence-corrected chi connectivity index (χ1v) is 0.408. The van der Waals surface area contributed by atoms with Crippen LogP contribution in [0.3, 0.4) is 0 Å². The van der Waals surface area contributed by atoms with Gasteiger partial charge in [0.05, 0.1) is 0 Å². The average molecular weight is 85.0 g/mol. The minimum atomic E-state index is 0. The normalized spacial score (nSPS) is 1.60. The summed E-state index contributed by atoms with van der Waals surface area (Å²) in [7, 11) is 0. The molecule has 3 nitrogen and oxygen atoms in total. The van der Waals surface area contributed by atoms with E-state index in [-0.39, 0.29) is 41.9 Å². The van der Waals surface area contributed by atoms with E-state index in [0.29, 0.717) is 0 Å². The standard InChI is InChI=1S/CO2.H3N.Na.H/c2-1-3;;;/h;1H3;;. The van der Waals surface area contributed by atoms with Crippen molar-refractivity contribution in [3.05, 3.63) is 0 Å². The van der Waals surface area contributed by atoms with Crippen molar-refractivity contribution >= 4 is 35.7 Å². The van der Waals surface area contributed by atoms with Gasteiger partial charge in [0, 0.05) is 0 Å². The summed E-state index contributed by atoms with van der Waals surface area (Å²) in [5.74, 6) is 0. The zero-order valence-electron chi connectivity index (χ0n) is 2.02. The van der Waals surface area contributed by atoms with E-state index in [1.54, 1.807) is 0 Å². The monoisotopic (exact) mass is 85.0 g/mol. The maximum atomic E-state index is 8.12. The molecule has 0 aromatic carbocycles. The molecular weight excluding hydrogens is 81.0 g/mol. The average Bonchev–Trinajstić information content (AvgIpc) is 0.918. The second kappa shape index (κ2) is 27.0. The van der Waals surface area contributed by atoms with E-state index in [1.165, 1.54) is 0 Å². The van der Waals surface area contributed by atoms with Gasteiger partial charge in [-0.05, 0) is 0 Å². The minimum absolute atomic E-state index is 0. The predicted molar refractivity (Wildman–Crippen MR) is 17.2 cm³/mol. The second-order valence-electron chi connectivity index (χ2n) is 0.0833. The van der Waals surface area contributed by atoms with Gasteiger partial charge in [-0.25, -0.2) is 0 Å². The first-order valence-electron chi connectivity index (χ1n) is 0.408. The molecule has 4 heteroatoms. The van der Waals surface area contributed by atoms with Crippen LogP contribution in [0.2, 0.25) is 0 Å². The molecule has 0 unspecified atom stereocenters. The quantitative estimate of drug-likeness (QED) is 0.381. The Morgan fingerprint density at radius 3 is 1.20 bits per heavy atom. The van der Waals surface area contributed by atoms with Crippen LogP contribution >= 0.6 is 0 Å². The molecule has 0 radical (unpaired) electrons. The van der Waals surface area contributed by atoms with Gasteiger partial charge in [0.15, 0.2) is 0 Å². The van der Waals surface area contributed by atoms with Crippen molar-refractivity contribution in [2.75, 3.05) is 0 Å². The van der Waals surface area contributed by atoms with E-state index in [9.17, 15) is 0 Å². The molecular formula is CH4NNaO2. The maximum absolute atomic E-state index is 8.12. The van der Waals surface area contributed by atoms with Crippen molar-refractivity contribution in [2.24, 2.45) is 0 Å². The Bertz CT molecular complexity index is 30.6. The third-order valence-corrected chi connectivity index (χ3v) is 0. The fourth-order valence-corrected chi connectivity index (χ4v) is 0. The molecule has 5 heavy (non-hydrogen) atoms. The Kier molecular flexibility index (Phi) is 99.1. The third kappa shape index (κ3) is 206. The van der Waals surface area contributed by atoms with Gasteiger partial charge in [0.2, 0.25) is 0 Å². The van der Waals surface area contributed by atoms with E-state index >= 15 is 0 Å². The van der Waals surface area contributed by atoms with E-state index in [1.807, 2.05) is 0 Å². The van der Waals surface area contributed by atoms with Crippen LogP contribution in [-0.4, -0.2) is 35.7 Å². The molecule has 0 rings (SSSR count). The Morgan fingerprint density at radius 2 is 1.20 bits per heavy atom. The molecule has 0 saturated heterocycles. The summed E-state index contributed by atoms with van der Waals surface area (Å²) in [6.07, 6.45) is 0.250. The van der Waals surface area contributed by atoms with Gasteiger partial charge in [0.1, 0.15) is 0 Å². The molecule has 0 atom stereocenters. The van der Waals surface area contributed by atoms with E-state index in [2.05, 4.69) is 0 Å². The number of carbonyl (C=O) groups excluding carboxylic acids is 2. The van der Waals surface area contributed by atoms with Crippen molar-refractivity contribution in [1.82, 2.24) is 6.15 Å². The van der Waals surface area contributed by atoms with Crippen LogP contribution in [-0.2, 0) is 9.59 Å². The Balaban J connectivity index is -0.0000000200. The van der Waals surface area contributed by atoms with Gasteiger partial charge in [-0.15, -0.1) is 0 Å². The molecule has 0 aromatic heterocycles. The Labute approximate surface area is 51.6 Å². The fraction of sp³-hybridized carbons (Fsp3) is 0. The number of hydrogen-bond donors (Lipinski definition) is 1. The SMILES string of the molecule is N.O=C=O.[NaH]. The van der Waals surface area contributed by atoms with E-state index < -0.39 is 0 Å². The van der Waals surface area contributed by atoms with Crippen molar-refractivity contribution in [3.63, 3.8) is 0 Å². The molecule has 0 amide bonds. The molecule has 26 valence electrons. The molecule has 0 aliphatic carbocycles. The topological polar surface area (TPSA) is 69.1 Å². The van der Waals surface area contributed by atoms with E-state index in [4.69, 9.17) is 9.59 Å². The summed E-state index contributed by atoms with van der Waals surface area (Å²) in [6.45, 7) is 0. The van der Waals surface area contributed by atoms with Crippen molar-refractivity contribution in [2.45, 2.75) is 0 Å². The molecule has 0 aliphatic heterocycles. The van der Waals surface area contributed by atoms with Gasteiger partial charge >= 0.3 is 35.7 Å². The zero-order chi connectivity index (χ0) is 2.71. The zero-order valence-corrected chi connectivity index (χ0v) is 2.02.